The summed E-state index contributed by atoms with van der Waals surface area (Å²) >= 11 is 4.53. The Bertz CT molecular complexity index is 1860. The molecule has 0 saturated carbocycles. The fourth-order valence-corrected chi connectivity index (χ4v) is 6.16. The number of fused-ring (bicyclic) bond motifs is 1. The van der Waals surface area contributed by atoms with Crippen LogP contribution in [0.3, 0.4) is 0 Å². The lowest BCUT2D eigenvalue weighted by atomic mass is 9.94. The van der Waals surface area contributed by atoms with Gasteiger partial charge in [-0.05, 0) is 70.9 Å². The van der Waals surface area contributed by atoms with Crippen molar-refractivity contribution in [1.29, 1.82) is 0 Å². The highest BCUT2D eigenvalue weighted by molar-refractivity contribution is 9.10. The third-order valence-corrected chi connectivity index (χ3v) is 8.19. The molecule has 11 heteroatoms. The molecule has 1 amide bonds. The highest BCUT2D eigenvalue weighted by Crippen LogP contribution is 2.38. The molecule has 0 unspecified atom stereocenters. The molecule has 0 aliphatic carbocycles. The van der Waals surface area contributed by atoms with Gasteiger partial charge in [-0.25, -0.2) is 4.99 Å². The number of allylic oxidation sites excluding steroid dienone is 1. The van der Waals surface area contributed by atoms with Gasteiger partial charge in [0.05, 0.1) is 41.6 Å². The number of nitrogens with one attached hydrogen (secondary N) is 1. The van der Waals surface area contributed by atoms with Crippen LogP contribution in [0.1, 0.15) is 24.1 Å². The molecular weight excluding hydrogens is 610 g/mol. The summed E-state index contributed by atoms with van der Waals surface area (Å²) in [6.07, 6.45) is 1.70. The minimum atomic E-state index is -0.834. The van der Waals surface area contributed by atoms with Crippen LogP contribution in [0.2, 0.25) is 0 Å². The van der Waals surface area contributed by atoms with Gasteiger partial charge in [0.25, 0.3) is 11.5 Å². The van der Waals surface area contributed by atoms with Crippen LogP contribution >= 0.6 is 27.3 Å². The van der Waals surface area contributed by atoms with Crippen LogP contribution in [-0.4, -0.2) is 36.9 Å². The number of phenols is 1. The molecule has 0 spiro atoms. The van der Waals surface area contributed by atoms with Crippen LogP contribution in [0.4, 0.5) is 5.69 Å². The van der Waals surface area contributed by atoms with Gasteiger partial charge in [0.15, 0.2) is 16.3 Å². The Labute approximate surface area is 247 Å². The van der Waals surface area contributed by atoms with Crippen molar-refractivity contribution in [2.24, 2.45) is 4.99 Å². The Morgan fingerprint density at radius 2 is 1.78 bits per heavy atom. The van der Waals surface area contributed by atoms with E-state index in [1.807, 2.05) is 18.2 Å². The van der Waals surface area contributed by atoms with Gasteiger partial charge in [-0.2, -0.15) is 0 Å². The number of aromatic nitrogens is 1. The van der Waals surface area contributed by atoms with Crippen LogP contribution in [0.25, 0.3) is 6.08 Å². The molecule has 41 heavy (non-hydrogen) atoms. The molecule has 0 bridgehead atoms. The van der Waals surface area contributed by atoms with Gasteiger partial charge in [0, 0.05) is 17.3 Å². The Morgan fingerprint density at radius 3 is 2.46 bits per heavy atom. The second-order valence-electron chi connectivity index (χ2n) is 9.06. The van der Waals surface area contributed by atoms with Gasteiger partial charge in [-0.1, -0.05) is 29.5 Å². The number of anilines is 1. The average molecular weight is 637 g/mol. The second-order valence-corrected chi connectivity index (χ2v) is 10.9. The maximum Gasteiger partial charge on any atom is 0.271 e. The zero-order chi connectivity index (χ0) is 29.3. The van der Waals surface area contributed by atoms with Crippen molar-refractivity contribution in [3.63, 3.8) is 0 Å². The summed E-state index contributed by atoms with van der Waals surface area (Å²) in [5.41, 5.74) is 2.30. The number of methoxy groups -OCH3 is 3. The van der Waals surface area contributed by atoms with E-state index >= 15 is 0 Å². The molecule has 3 aromatic carbocycles. The van der Waals surface area contributed by atoms with Crippen molar-refractivity contribution in [1.82, 2.24) is 4.57 Å². The first-order valence-electron chi connectivity index (χ1n) is 12.4. The van der Waals surface area contributed by atoms with Gasteiger partial charge < -0.3 is 24.6 Å². The van der Waals surface area contributed by atoms with E-state index in [1.54, 1.807) is 62.6 Å². The maximum atomic E-state index is 14.0. The van der Waals surface area contributed by atoms with Gasteiger partial charge in [0.1, 0.15) is 17.5 Å². The van der Waals surface area contributed by atoms with Crippen molar-refractivity contribution in [3.05, 3.63) is 107 Å². The molecule has 5 rings (SSSR count). The Kier molecular flexibility index (Phi) is 8.00. The number of halogens is 1. The molecule has 1 aliphatic rings. The van der Waals surface area contributed by atoms with E-state index < -0.39 is 6.04 Å². The predicted octanol–water partition coefficient (Wildman–Crippen LogP) is 4.37. The van der Waals surface area contributed by atoms with Gasteiger partial charge in [0.2, 0.25) is 0 Å². The third-order valence-electron chi connectivity index (χ3n) is 6.60. The third kappa shape index (κ3) is 5.38. The number of carbonyl (C=O) groups excluding carboxylic acids is 1. The maximum absolute atomic E-state index is 14.0. The standard InChI is InChI=1S/C30H26BrN3O6S/c1-16-25(28(36)33-18-8-6-5-7-9-18)26(20-11-10-19(38-2)15-22(20)39-3)34-29(37)24(41-30(34)32-16)14-17-12-21(31)27(35)23(13-17)40-4/h5-15,26,35H,1-4H3,(H,33,36)/b24-14-/t26-/m1/s1. The van der Waals surface area contributed by atoms with Crippen molar-refractivity contribution >= 4 is 44.9 Å². The molecule has 0 radical (unpaired) electrons. The zero-order valence-corrected chi connectivity index (χ0v) is 25.0. The number of ether oxygens (including phenoxy) is 3. The Balaban J connectivity index is 1.73. The number of benzene rings is 3. The lowest BCUT2D eigenvalue weighted by Crippen LogP contribution is -2.40. The Morgan fingerprint density at radius 1 is 1.05 bits per heavy atom. The first-order chi connectivity index (χ1) is 19.7. The lowest BCUT2D eigenvalue weighted by molar-refractivity contribution is -0.113. The Hall–Kier alpha value is -4.35. The zero-order valence-electron chi connectivity index (χ0n) is 22.6. The number of amides is 1. The van der Waals surface area contributed by atoms with Gasteiger partial charge in [-0.3, -0.25) is 14.2 Å². The molecule has 2 heterocycles. The van der Waals surface area contributed by atoms with E-state index in [0.29, 0.717) is 53.4 Å². The second kappa shape index (κ2) is 11.6. The number of phenolic OH excluding ortho intramolecular Hbond substituents is 1. The number of rotatable bonds is 7. The fraction of sp³-hybridized carbons (Fsp3) is 0.167. The number of thiazole rings is 1. The van der Waals surface area contributed by atoms with E-state index in [0.717, 1.165) is 0 Å². The molecular formula is C30H26BrN3O6S. The van der Waals surface area contributed by atoms with Crippen LogP contribution in [0.15, 0.2) is 86.2 Å². The van der Waals surface area contributed by atoms with Crippen LogP contribution < -0.4 is 34.4 Å². The van der Waals surface area contributed by atoms with E-state index in [2.05, 4.69) is 26.2 Å². The molecule has 0 fully saturated rings. The molecule has 0 saturated heterocycles. The average Bonchev–Trinajstić information content (AvgIpc) is 3.27. The largest absolute Gasteiger partial charge is 0.503 e. The first kappa shape index (κ1) is 28.2. The van der Waals surface area contributed by atoms with E-state index in [9.17, 15) is 14.7 Å². The van der Waals surface area contributed by atoms with Crippen molar-refractivity contribution in [2.75, 3.05) is 26.6 Å². The first-order valence-corrected chi connectivity index (χ1v) is 14.0. The summed E-state index contributed by atoms with van der Waals surface area (Å²) in [6.45, 7) is 1.75. The van der Waals surface area contributed by atoms with Crippen molar-refractivity contribution < 1.29 is 24.1 Å². The van der Waals surface area contributed by atoms with E-state index in [4.69, 9.17) is 14.2 Å². The van der Waals surface area contributed by atoms with E-state index in [-0.39, 0.29) is 23.0 Å². The number of aromatic hydroxyl groups is 1. The highest BCUT2D eigenvalue weighted by Gasteiger charge is 2.34. The lowest BCUT2D eigenvalue weighted by Gasteiger charge is -2.26. The molecule has 4 aromatic rings. The quantitative estimate of drug-likeness (QED) is 0.312. The SMILES string of the molecule is COc1ccc([C@@H]2C(C(=O)Nc3ccccc3)=C(C)N=c3s/c(=C\c4cc(Br)c(O)c(OC)c4)c(=O)n32)c(OC)c1. The summed E-state index contributed by atoms with van der Waals surface area (Å²) in [4.78, 5) is 32.9. The number of carbonyl (C=O) groups is 1. The normalized spacial score (nSPS) is 14.8. The smallest absolute Gasteiger partial charge is 0.271 e. The minimum Gasteiger partial charge on any atom is -0.503 e. The topological polar surface area (TPSA) is 111 Å². The molecule has 1 aliphatic heterocycles. The molecule has 2 N–H and O–H groups in total. The monoisotopic (exact) mass is 635 g/mol. The van der Waals surface area contributed by atoms with Crippen LogP contribution in [0.5, 0.6) is 23.0 Å². The summed E-state index contributed by atoms with van der Waals surface area (Å²) in [7, 11) is 4.53. The number of para-hydroxylation sites is 1. The molecule has 1 atom stereocenters. The van der Waals surface area contributed by atoms with Crippen LogP contribution in [0, 0.1) is 0 Å². The van der Waals surface area contributed by atoms with Crippen molar-refractivity contribution in [2.45, 2.75) is 13.0 Å². The molecule has 1 aromatic heterocycles. The predicted molar refractivity (Wildman–Crippen MR) is 161 cm³/mol. The summed E-state index contributed by atoms with van der Waals surface area (Å²) in [6, 6.07) is 16.8. The minimum absolute atomic E-state index is 0.0394. The molecule has 210 valence electrons. The van der Waals surface area contributed by atoms with Gasteiger partial charge in [-0.15, -0.1) is 0 Å². The van der Waals surface area contributed by atoms with Crippen LogP contribution in [-0.2, 0) is 4.79 Å². The number of hydrogen-bond acceptors (Lipinski definition) is 8. The summed E-state index contributed by atoms with van der Waals surface area (Å²) in [5, 5.41) is 13.1. The highest BCUT2D eigenvalue weighted by atomic mass is 79.9. The number of hydrogen-bond donors (Lipinski definition) is 2. The fourth-order valence-electron chi connectivity index (χ4n) is 4.65. The van der Waals surface area contributed by atoms with Crippen molar-refractivity contribution in [3.8, 4) is 23.0 Å². The van der Waals surface area contributed by atoms with E-state index in [1.165, 1.54) is 30.1 Å². The summed E-state index contributed by atoms with van der Waals surface area (Å²) < 4.78 is 18.7. The van der Waals surface area contributed by atoms with Gasteiger partial charge >= 0.3 is 0 Å². The number of nitrogens with zero attached hydrogens (tertiary/aromatic N) is 2. The summed E-state index contributed by atoms with van der Waals surface area (Å²) in [5.74, 6) is 0.857. The molecule has 9 nitrogen and oxygen atoms in total.